The monoisotopic (exact) mass is 630 g/mol. The van der Waals surface area contributed by atoms with Gasteiger partial charge in [0.05, 0.1) is 36.5 Å². The van der Waals surface area contributed by atoms with Crippen LogP contribution in [0.1, 0.15) is 53.5 Å². The molecule has 2 unspecified atom stereocenters. The summed E-state index contributed by atoms with van der Waals surface area (Å²) in [7, 11) is -7.24. The maximum absolute atomic E-state index is 14.7. The van der Waals surface area contributed by atoms with E-state index in [9.17, 15) is 22.9 Å². The lowest BCUT2D eigenvalue weighted by Gasteiger charge is -2.36. The highest BCUT2D eigenvalue weighted by atomic mass is 32.2. The zero-order valence-corrected chi connectivity index (χ0v) is 27.7. The number of carbonyl (C=O) groups is 1. The van der Waals surface area contributed by atoms with Crippen molar-refractivity contribution in [2.75, 3.05) is 35.6 Å². The van der Waals surface area contributed by atoms with Gasteiger partial charge in [-0.25, -0.2) is 13.2 Å². The minimum absolute atomic E-state index is 0.00301. The topological polar surface area (TPSA) is 137 Å². The van der Waals surface area contributed by atoms with Crippen molar-refractivity contribution in [3.8, 4) is 0 Å². The van der Waals surface area contributed by atoms with Crippen LogP contribution in [0, 0.1) is 10.8 Å². The lowest BCUT2D eigenvalue weighted by atomic mass is 9.84. The first kappa shape index (κ1) is 32.8. The highest BCUT2D eigenvalue weighted by molar-refractivity contribution is 7.92. The molecule has 1 amide bonds. The second kappa shape index (κ2) is 12.1. The number of fused-ring (bicyclic) bond motifs is 1. The number of amides is 1. The molecule has 0 radical (unpaired) electrons. The summed E-state index contributed by atoms with van der Waals surface area (Å²) in [5.74, 6) is -0.445. The van der Waals surface area contributed by atoms with E-state index in [1.165, 1.54) is 6.07 Å². The third-order valence-corrected chi connectivity index (χ3v) is 10.3. The van der Waals surface area contributed by atoms with Crippen LogP contribution in [0.4, 0.5) is 11.4 Å². The van der Waals surface area contributed by atoms with Gasteiger partial charge >= 0.3 is 0 Å². The number of aliphatic hydroxyl groups is 1. The summed E-state index contributed by atoms with van der Waals surface area (Å²) in [5.41, 5.74) is 1.12. The number of amidine groups is 1. The minimum atomic E-state index is -3.65. The Hall–Kier alpha value is -3.14. The molecular weight excluding hydrogens is 587 g/mol. The number of benzene rings is 2. The Labute approximate surface area is 255 Å². The van der Waals surface area contributed by atoms with E-state index in [-0.39, 0.29) is 46.9 Å². The minimum Gasteiger partial charge on any atom is -0.509 e. The van der Waals surface area contributed by atoms with Crippen molar-refractivity contribution in [2.45, 2.75) is 60.6 Å². The van der Waals surface area contributed by atoms with Crippen molar-refractivity contribution in [3.05, 3.63) is 65.4 Å². The lowest BCUT2D eigenvalue weighted by molar-refractivity contribution is -0.128. The van der Waals surface area contributed by atoms with Crippen molar-refractivity contribution < 1.29 is 27.6 Å². The number of nitrogens with zero attached hydrogens (tertiary/aromatic N) is 2. The van der Waals surface area contributed by atoms with Crippen molar-refractivity contribution in [1.29, 1.82) is 0 Å². The van der Waals surface area contributed by atoms with Crippen LogP contribution in [0.3, 0.4) is 0 Å². The van der Waals surface area contributed by atoms with Gasteiger partial charge in [0.2, 0.25) is 17.3 Å². The molecule has 4 rings (SSSR count). The molecule has 0 saturated carbocycles. The van der Waals surface area contributed by atoms with E-state index in [4.69, 9.17) is 4.74 Å². The summed E-state index contributed by atoms with van der Waals surface area (Å²) in [6, 6.07) is 13.6. The highest BCUT2D eigenvalue weighted by Gasteiger charge is 2.48. The SMILES string of the molecule is CC(C)(C)CCN1C(=O)C(C2=NP(=O)(CCOCc3ccccc3)c3cc(NS(C)(=O)=O)ccc3N2)=C(O)C1C(C)(C)C. The molecule has 2 aliphatic heterocycles. The van der Waals surface area contributed by atoms with Gasteiger partial charge < -0.3 is 20.1 Å². The summed E-state index contributed by atoms with van der Waals surface area (Å²) in [4.78, 5) is 15.6. The number of nitrogens with one attached hydrogen (secondary N) is 2. The number of carbonyl (C=O) groups excluding carboxylic acids is 1. The first-order valence-electron chi connectivity index (χ1n) is 14.3. The number of sulfonamides is 1. The molecule has 0 saturated heterocycles. The van der Waals surface area contributed by atoms with E-state index in [0.29, 0.717) is 24.1 Å². The van der Waals surface area contributed by atoms with E-state index >= 15 is 0 Å². The molecule has 0 aromatic heterocycles. The number of aliphatic hydroxyl groups excluding tert-OH is 1. The molecule has 43 heavy (non-hydrogen) atoms. The molecule has 0 spiro atoms. The fourth-order valence-corrected chi connectivity index (χ4v) is 7.95. The van der Waals surface area contributed by atoms with E-state index in [0.717, 1.165) is 18.2 Å². The first-order valence-corrected chi connectivity index (χ1v) is 18.1. The van der Waals surface area contributed by atoms with Crippen molar-refractivity contribution in [1.82, 2.24) is 4.90 Å². The molecule has 3 N–H and O–H groups in total. The van der Waals surface area contributed by atoms with Crippen molar-refractivity contribution in [2.24, 2.45) is 15.6 Å². The van der Waals surface area contributed by atoms with Gasteiger partial charge in [0.1, 0.15) is 17.2 Å². The van der Waals surface area contributed by atoms with Gasteiger partial charge in [0.25, 0.3) is 5.91 Å². The molecule has 0 bridgehead atoms. The molecule has 2 atom stereocenters. The van der Waals surface area contributed by atoms with Crippen molar-refractivity contribution in [3.63, 3.8) is 0 Å². The Morgan fingerprint density at radius 1 is 1.09 bits per heavy atom. The molecule has 2 heterocycles. The average molecular weight is 631 g/mol. The summed E-state index contributed by atoms with van der Waals surface area (Å²) < 4.78 is 51.4. The maximum atomic E-state index is 14.7. The Balaban J connectivity index is 1.72. The third-order valence-electron chi connectivity index (χ3n) is 7.30. The third kappa shape index (κ3) is 7.88. The number of hydrogen-bond donors (Lipinski definition) is 3. The van der Waals surface area contributed by atoms with Crippen LogP contribution in [-0.2, 0) is 30.7 Å². The molecule has 0 aliphatic carbocycles. The zero-order chi connectivity index (χ0) is 31.8. The van der Waals surface area contributed by atoms with Crippen LogP contribution >= 0.6 is 7.29 Å². The van der Waals surface area contributed by atoms with Crippen molar-refractivity contribution >= 4 is 45.7 Å². The van der Waals surface area contributed by atoms with Gasteiger partial charge in [-0.15, -0.1) is 0 Å². The van der Waals surface area contributed by atoms with Crippen LogP contribution < -0.4 is 15.3 Å². The molecule has 2 aliphatic rings. The fraction of sp³-hybridized carbons (Fsp3) is 0.484. The number of hydrogen-bond acceptors (Lipinski definition) is 7. The van der Waals surface area contributed by atoms with E-state index in [1.807, 2.05) is 51.1 Å². The first-order chi connectivity index (χ1) is 19.9. The van der Waals surface area contributed by atoms with Gasteiger partial charge in [-0.2, -0.15) is 0 Å². The van der Waals surface area contributed by atoms with Gasteiger partial charge in [0, 0.05) is 18.4 Å². The van der Waals surface area contributed by atoms with E-state index in [2.05, 4.69) is 35.6 Å². The predicted molar refractivity (Wildman–Crippen MR) is 173 cm³/mol. The molecule has 10 nitrogen and oxygen atoms in total. The van der Waals surface area contributed by atoms with Crippen LogP contribution in [0.5, 0.6) is 0 Å². The Morgan fingerprint density at radius 2 is 1.77 bits per heavy atom. The van der Waals surface area contributed by atoms with Gasteiger partial charge in [-0.3, -0.25) is 14.1 Å². The number of ether oxygens (including phenoxy) is 1. The normalized spacial score (nSPS) is 21.0. The summed E-state index contributed by atoms with van der Waals surface area (Å²) >= 11 is 0. The summed E-state index contributed by atoms with van der Waals surface area (Å²) in [5, 5.41) is 15.0. The Kier molecular flexibility index (Phi) is 9.22. The molecular formula is C31H43N4O6PS. The van der Waals surface area contributed by atoms with E-state index in [1.54, 1.807) is 17.0 Å². The van der Waals surface area contributed by atoms with Gasteiger partial charge in [0.15, 0.2) is 0 Å². The second-order valence-electron chi connectivity index (χ2n) is 13.5. The molecule has 0 fully saturated rings. The predicted octanol–water partition coefficient (Wildman–Crippen LogP) is 5.51. The smallest absolute Gasteiger partial charge is 0.261 e. The quantitative estimate of drug-likeness (QED) is 0.233. The molecule has 2 aromatic carbocycles. The standard InChI is InChI=1S/C31H43N4O6PS/c1-30(2,3)15-16-35-27(31(4,5)6)26(36)25(29(35)37)28-32-23-14-13-22(34-43(7,39)40)19-24(23)42(38,33-28)18-17-41-20-21-11-9-8-10-12-21/h8-14,19,27,34,36H,15-18,20H2,1-7H3,(H,32,33,38). The van der Waals surface area contributed by atoms with Crippen LogP contribution in [0.25, 0.3) is 0 Å². The zero-order valence-electron chi connectivity index (χ0n) is 26.0. The fourth-order valence-electron chi connectivity index (χ4n) is 5.25. The molecule has 2 aromatic rings. The van der Waals surface area contributed by atoms with Gasteiger partial charge in [-0.1, -0.05) is 71.9 Å². The van der Waals surface area contributed by atoms with E-state index < -0.39 is 28.8 Å². The summed E-state index contributed by atoms with van der Waals surface area (Å²) in [6.45, 7) is 13.0. The van der Waals surface area contributed by atoms with Gasteiger partial charge in [-0.05, 0) is 41.0 Å². The highest BCUT2D eigenvalue weighted by Crippen LogP contribution is 2.52. The van der Waals surface area contributed by atoms with Crippen LogP contribution in [0.15, 0.2) is 64.6 Å². The number of rotatable bonds is 10. The van der Waals surface area contributed by atoms with Crippen LogP contribution in [0.2, 0.25) is 0 Å². The largest absolute Gasteiger partial charge is 0.509 e. The lowest BCUT2D eigenvalue weighted by Crippen LogP contribution is -2.45. The summed E-state index contributed by atoms with van der Waals surface area (Å²) in [6.07, 6.45) is 1.77. The molecule has 234 valence electrons. The Bertz CT molecular complexity index is 1590. The van der Waals surface area contributed by atoms with Crippen LogP contribution in [-0.4, -0.2) is 61.8 Å². The second-order valence-corrected chi connectivity index (χ2v) is 17.8. The maximum Gasteiger partial charge on any atom is 0.261 e. The average Bonchev–Trinajstić information content (AvgIpc) is 3.14. The Morgan fingerprint density at radius 3 is 2.37 bits per heavy atom. The number of anilines is 2. The molecule has 12 heteroatoms.